The first kappa shape index (κ1) is 21.3. The van der Waals surface area contributed by atoms with Crippen LogP contribution in [0.25, 0.3) is 0 Å². The number of benzene rings is 1. The molecule has 0 N–H and O–H groups in total. The third-order valence-corrected chi connectivity index (χ3v) is 6.86. The molecule has 4 rings (SSSR count). The van der Waals surface area contributed by atoms with Gasteiger partial charge in [-0.2, -0.15) is 0 Å². The van der Waals surface area contributed by atoms with E-state index in [0.29, 0.717) is 18.6 Å². The molecule has 30 heavy (non-hydrogen) atoms. The lowest BCUT2D eigenvalue weighted by Gasteiger charge is -2.40. The number of ether oxygens (including phenoxy) is 2. The van der Waals surface area contributed by atoms with Crippen LogP contribution < -0.4 is 4.74 Å². The van der Waals surface area contributed by atoms with Gasteiger partial charge in [-0.3, -0.25) is 4.98 Å². The minimum Gasteiger partial charge on any atom is -0.497 e. The Morgan fingerprint density at radius 3 is 2.43 bits per heavy atom. The molecule has 2 aromatic rings. The lowest BCUT2D eigenvalue weighted by Crippen LogP contribution is -2.46. The van der Waals surface area contributed by atoms with Crippen molar-refractivity contribution in [1.29, 1.82) is 0 Å². The quantitative estimate of drug-likeness (QED) is 0.607. The third-order valence-electron chi connectivity index (χ3n) is 6.86. The molecule has 2 fully saturated rings. The lowest BCUT2D eigenvalue weighted by atomic mass is 9.85. The van der Waals surface area contributed by atoms with Crippen molar-refractivity contribution < 1.29 is 9.47 Å². The summed E-state index contributed by atoms with van der Waals surface area (Å²) in [7, 11) is 1.72. The van der Waals surface area contributed by atoms with Gasteiger partial charge in [0.15, 0.2) is 0 Å². The molecule has 4 heteroatoms. The van der Waals surface area contributed by atoms with Crippen LogP contribution in [0.3, 0.4) is 0 Å². The summed E-state index contributed by atoms with van der Waals surface area (Å²) < 4.78 is 11.8. The molecule has 1 aromatic carbocycles. The number of nitrogens with zero attached hydrogens (tertiary/aromatic N) is 2. The molecule has 2 atom stereocenters. The first-order valence-electron chi connectivity index (χ1n) is 11.7. The minimum absolute atomic E-state index is 0.308. The highest BCUT2D eigenvalue weighted by Crippen LogP contribution is 2.29. The lowest BCUT2D eigenvalue weighted by molar-refractivity contribution is -0.0452. The maximum atomic E-state index is 6.46. The number of rotatable bonds is 8. The molecular formula is C26H36N2O2. The summed E-state index contributed by atoms with van der Waals surface area (Å²) in [6.45, 7) is 4.26. The van der Waals surface area contributed by atoms with Crippen LogP contribution >= 0.6 is 0 Å². The first-order valence-corrected chi connectivity index (χ1v) is 11.7. The third kappa shape index (κ3) is 6.05. The van der Waals surface area contributed by atoms with Gasteiger partial charge in [-0.05, 0) is 67.0 Å². The molecule has 4 nitrogen and oxygen atoms in total. The second-order valence-corrected chi connectivity index (χ2v) is 9.07. The van der Waals surface area contributed by atoms with E-state index in [1.54, 1.807) is 7.11 Å². The molecule has 0 amide bonds. The van der Waals surface area contributed by atoms with Crippen molar-refractivity contribution in [2.45, 2.75) is 57.7 Å². The number of methoxy groups -OCH3 is 1. The van der Waals surface area contributed by atoms with Gasteiger partial charge in [-0.1, -0.05) is 31.4 Å². The van der Waals surface area contributed by atoms with Crippen LogP contribution in [0.5, 0.6) is 5.75 Å². The Morgan fingerprint density at radius 1 is 0.933 bits per heavy atom. The summed E-state index contributed by atoms with van der Waals surface area (Å²) in [5, 5.41) is 0. The van der Waals surface area contributed by atoms with Gasteiger partial charge in [-0.25, -0.2) is 0 Å². The predicted molar refractivity (Wildman–Crippen MR) is 121 cm³/mol. The Bertz CT molecular complexity index is 743. The van der Waals surface area contributed by atoms with Gasteiger partial charge in [0.25, 0.3) is 0 Å². The molecule has 1 aliphatic heterocycles. The Balaban J connectivity index is 1.39. The van der Waals surface area contributed by atoms with Crippen molar-refractivity contribution in [2.75, 3.05) is 26.7 Å². The molecule has 162 valence electrons. The predicted octanol–water partition coefficient (Wildman–Crippen LogP) is 5.12. The van der Waals surface area contributed by atoms with E-state index in [-0.39, 0.29) is 0 Å². The molecular weight excluding hydrogens is 372 g/mol. The average molecular weight is 409 g/mol. The Kier molecular flexibility index (Phi) is 7.76. The Labute approximate surface area is 181 Å². The molecule has 1 saturated carbocycles. The van der Waals surface area contributed by atoms with E-state index in [1.807, 2.05) is 12.4 Å². The van der Waals surface area contributed by atoms with Crippen LogP contribution in [0.4, 0.5) is 0 Å². The van der Waals surface area contributed by atoms with E-state index in [0.717, 1.165) is 37.6 Å². The van der Waals surface area contributed by atoms with E-state index in [4.69, 9.17) is 9.47 Å². The van der Waals surface area contributed by atoms with E-state index in [1.165, 1.54) is 49.8 Å². The Hall–Kier alpha value is -1.91. The highest BCUT2D eigenvalue weighted by atomic mass is 16.5. The van der Waals surface area contributed by atoms with E-state index in [9.17, 15) is 0 Å². The van der Waals surface area contributed by atoms with Gasteiger partial charge >= 0.3 is 0 Å². The monoisotopic (exact) mass is 408 g/mol. The summed E-state index contributed by atoms with van der Waals surface area (Å²) in [5.74, 6) is 2.35. The van der Waals surface area contributed by atoms with Crippen LogP contribution in [0.2, 0.25) is 0 Å². The molecule has 0 spiro atoms. The van der Waals surface area contributed by atoms with Crippen LogP contribution in [-0.2, 0) is 17.8 Å². The van der Waals surface area contributed by atoms with Gasteiger partial charge in [0.05, 0.1) is 19.8 Å². The fraction of sp³-hybridized carbons (Fsp3) is 0.577. The minimum atomic E-state index is 0.308. The highest BCUT2D eigenvalue weighted by Gasteiger charge is 2.31. The van der Waals surface area contributed by atoms with E-state index in [2.05, 4.69) is 46.3 Å². The summed E-state index contributed by atoms with van der Waals surface area (Å²) >= 11 is 0. The SMILES string of the molecule is COc1ccc(C[C@@H]2CN(CC3CCCCC3)CC[C@H]2OCc2ccncc2)cc1. The number of piperidine rings is 1. The second kappa shape index (κ2) is 10.9. The van der Waals surface area contributed by atoms with Crippen LogP contribution in [0.15, 0.2) is 48.8 Å². The average Bonchev–Trinajstić information content (AvgIpc) is 2.80. The largest absolute Gasteiger partial charge is 0.497 e. The smallest absolute Gasteiger partial charge is 0.118 e. The maximum Gasteiger partial charge on any atom is 0.118 e. The zero-order chi connectivity index (χ0) is 20.6. The zero-order valence-corrected chi connectivity index (χ0v) is 18.3. The van der Waals surface area contributed by atoms with Crippen molar-refractivity contribution in [3.8, 4) is 5.75 Å². The number of aromatic nitrogens is 1. The van der Waals surface area contributed by atoms with Crippen molar-refractivity contribution in [2.24, 2.45) is 11.8 Å². The van der Waals surface area contributed by atoms with Crippen molar-refractivity contribution in [3.63, 3.8) is 0 Å². The van der Waals surface area contributed by atoms with E-state index >= 15 is 0 Å². The van der Waals surface area contributed by atoms with E-state index < -0.39 is 0 Å². The molecule has 2 heterocycles. The summed E-state index contributed by atoms with van der Waals surface area (Å²) in [6, 6.07) is 12.7. The summed E-state index contributed by atoms with van der Waals surface area (Å²) in [6.07, 6.45) is 13.3. The fourth-order valence-corrected chi connectivity index (χ4v) is 5.15. The van der Waals surface area contributed by atoms with Crippen LogP contribution in [0, 0.1) is 11.8 Å². The first-order chi connectivity index (χ1) is 14.8. The van der Waals surface area contributed by atoms with Gasteiger partial charge in [0.2, 0.25) is 0 Å². The maximum absolute atomic E-state index is 6.46. The summed E-state index contributed by atoms with van der Waals surface area (Å²) in [5.41, 5.74) is 2.58. The molecule has 1 saturated heterocycles. The van der Waals surface area contributed by atoms with Crippen molar-refractivity contribution >= 4 is 0 Å². The van der Waals surface area contributed by atoms with Crippen molar-refractivity contribution in [3.05, 3.63) is 59.9 Å². The van der Waals surface area contributed by atoms with Gasteiger partial charge < -0.3 is 14.4 Å². The molecule has 0 bridgehead atoms. The molecule has 0 radical (unpaired) electrons. The van der Waals surface area contributed by atoms with Gasteiger partial charge in [-0.15, -0.1) is 0 Å². The normalized spacial score (nSPS) is 23.4. The van der Waals surface area contributed by atoms with Crippen LogP contribution in [0.1, 0.15) is 49.7 Å². The second-order valence-electron chi connectivity index (χ2n) is 9.07. The standard InChI is InChI=1S/C26H36N2O2/c1-29-25-9-7-21(8-10-25)17-24-19-28(18-22-5-3-2-4-6-22)16-13-26(24)30-20-23-11-14-27-15-12-23/h7-12,14-15,22,24,26H,2-6,13,16-20H2,1H3/t24-,26-/m1/s1. The number of likely N-dealkylation sites (tertiary alicyclic amines) is 1. The molecule has 1 aromatic heterocycles. The number of pyridine rings is 1. The molecule has 1 aliphatic carbocycles. The highest BCUT2D eigenvalue weighted by molar-refractivity contribution is 5.27. The number of hydrogen-bond donors (Lipinski definition) is 0. The van der Waals surface area contributed by atoms with Crippen LogP contribution in [-0.4, -0.2) is 42.7 Å². The summed E-state index contributed by atoms with van der Waals surface area (Å²) in [4.78, 5) is 6.84. The topological polar surface area (TPSA) is 34.6 Å². The van der Waals surface area contributed by atoms with Gasteiger partial charge in [0, 0.05) is 37.9 Å². The molecule has 2 aliphatic rings. The Morgan fingerprint density at radius 2 is 1.70 bits per heavy atom. The number of hydrogen-bond acceptors (Lipinski definition) is 4. The molecule has 0 unspecified atom stereocenters. The fourth-order valence-electron chi connectivity index (χ4n) is 5.15. The zero-order valence-electron chi connectivity index (χ0n) is 18.3. The van der Waals surface area contributed by atoms with Crippen molar-refractivity contribution in [1.82, 2.24) is 9.88 Å². The van der Waals surface area contributed by atoms with Gasteiger partial charge in [0.1, 0.15) is 5.75 Å².